The lowest BCUT2D eigenvalue weighted by Crippen LogP contribution is -2.09. The number of ketones is 1. The summed E-state index contributed by atoms with van der Waals surface area (Å²) in [6.07, 6.45) is 0.320. The maximum Gasteiger partial charge on any atom is 0.387 e. The van der Waals surface area contributed by atoms with Gasteiger partial charge in [0.15, 0.2) is 12.1 Å². The Bertz CT molecular complexity index is 432. The Hall–Kier alpha value is -1.49. The lowest BCUT2D eigenvalue weighted by molar-refractivity contribution is -0.0503. The van der Waals surface area contributed by atoms with Gasteiger partial charge in [0, 0.05) is 0 Å². The number of alkyl halides is 2. The van der Waals surface area contributed by atoms with Crippen molar-refractivity contribution in [1.29, 1.82) is 0 Å². The zero-order valence-electron chi connectivity index (χ0n) is 8.17. The molecule has 0 heterocycles. The van der Waals surface area contributed by atoms with E-state index in [2.05, 4.69) is 4.74 Å². The van der Waals surface area contributed by atoms with Crippen LogP contribution < -0.4 is 4.74 Å². The molecule has 1 aromatic carbocycles. The monoisotopic (exact) mass is 248 g/mol. The third kappa shape index (κ3) is 2.55. The molecule has 16 heavy (non-hydrogen) atoms. The van der Waals surface area contributed by atoms with E-state index in [4.69, 9.17) is 11.6 Å². The van der Waals surface area contributed by atoms with Crippen molar-refractivity contribution < 1.29 is 23.1 Å². The van der Waals surface area contributed by atoms with Crippen molar-refractivity contribution in [3.8, 4) is 5.75 Å². The summed E-state index contributed by atoms with van der Waals surface area (Å²) in [7, 11) is 0. The molecule has 0 aliphatic heterocycles. The molecular weight excluding hydrogens is 242 g/mol. The largest absolute Gasteiger partial charge is 0.433 e. The van der Waals surface area contributed by atoms with E-state index in [0.717, 1.165) is 6.92 Å². The topological polar surface area (TPSA) is 43.4 Å². The summed E-state index contributed by atoms with van der Waals surface area (Å²) in [5.41, 5.74) is -0.360. The summed E-state index contributed by atoms with van der Waals surface area (Å²) in [6, 6.07) is 2.49. The summed E-state index contributed by atoms with van der Waals surface area (Å²) in [4.78, 5) is 21.8. The second-order valence-electron chi connectivity index (χ2n) is 2.89. The second-order valence-corrected chi connectivity index (χ2v) is 3.30. The maximum atomic E-state index is 12.1. The van der Waals surface area contributed by atoms with E-state index in [-0.39, 0.29) is 16.1 Å². The summed E-state index contributed by atoms with van der Waals surface area (Å²) < 4.78 is 28.4. The fourth-order valence-electron chi connectivity index (χ4n) is 1.21. The Kier molecular flexibility index (Phi) is 3.95. The predicted octanol–water partition coefficient (Wildman–Crippen LogP) is 2.96. The van der Waals surface area contributed by atoms with Crippen LogP contribution >= 0.6 is 11.6 Å². The molecule has 0 N–H and O–H groups in total. The van der Waals surface area contributed by atoms with Crippen LogP contribution in [0.4, 0.5) is 8.78 Å². The number of carbonyl (C=O) groups excluding carboxylic acids is 2. The lowest BCUT2D eigenvalue weighted by Gasteiger charge is -2.12. The van der Waals surface area contributed by atoms with Crippen LogP contribution in [0.1, 0.15) is 27.6 Å². The van der Waals surface area contributed by atoms with E-state index in [0.29, 0.717) is 6.29 Å². The molecule has 0 amide bonds. The van der Waals surface area contributed by atoms with Crippen LogP contribution in [0.25, 0.3) is 0 Å². The number of ether oxygens (including phenoxy) is 1. The Morgan fingerprint density at radius 2 is 2.12 bits per heavy atom. The van der Waals surface area contributed by atoms with Gasteiger partial charge in [-0.1, -0.05) is 11.6 Å². The van der Waals surface area contributed by atoms with Crippen LogP contribution in [0.5, 0.6) is 5.75 Å². The van der Waals surface area contributed by atoms with E-state index >= 15 is 0 Å². The van der Waals surface area contributed by atoms with Gasteiger partial charge in [0.1, 0.15) is 5.75 Å². The Morgan fingerprint density at radius 1 is 1.50 bits per heavy atom. The molecule has 0 atom stereocenters. The van der Waals surface area contributed by atoms with Crippen LogP contribution in [-0.2, 0) is 0 Å². The maximum absolute atomic E-state index is 12.1. The van der Waals surface area contributed by atoms with E-state index in [1.807, 2.05) is 0 Å². The predicted molar refractivity (Wildman–Crippen MR) is 53.5 cm³/mol. The normalized spacial score (nSPS) is 10.3. The zero-order valence-corrected chi connectivity index (χ0v) is 8.92. The minimum atomic E-state index is -3.13. The first-order chi connectivity index (χ1) is 7.47. The molecule has 0 spiro atoms. The second kappa shape index (κ2) is 5.03. The number of halogens is 3. The molecular formula is C10H7ClF2O3. The fourth-order valence-corrected chi connectivity index (χ4v) is 1.49. The van der Waals surface area contributed by atoms with Crippen molar-refractivity contribution in [2.24, 2.45) is 0 Å². The molecule has 1 aromatic rings. The number of benzene rings is 1. The average molecular weight is 249 g/mol. The van der Waals surface area contributed by atoms with Crippen LogP contribution in [0.2, 0.25) is 5.02 Å². The molecule has 0 aliphatic carbocycles. The third-order valence-electron chi connectivity index (χ3n) is 1.82. The zero-order chi connectivity index (χ0) is 12.3. The molecule has 6 heteroatoms. The minimum absolute atomic E-state index is 0.0336. The van der Waals surface area contributed by atoms with Crippen LogP contribution in [0, 0.1) is 0 Å². The number of hydrogen-bond acceptors (Lipinski definition) is 3. The van der Waals surface area contributed by atoms with Gasteiger partial charge in [-0.15, -0.1) is 0 Å². The molecule has 0 bridgehead atoms. The van der Waals surface area contributed by atoms with E-state index in [1.165, 1.54) is 12.1 Å². The van der Waals surface area contributed by atoms with E-state index in [9.17, 15) is 18.4 Å². The van der Waals surface area contributed by atoms with Gasteiger partial charge in [-0.3, -0.25) is 9.59 Å². The molecule has 0 aromatic heterocycles. The van der Waals surface area contributed by atoms with Crippen molar-refractivity contribution in [3.05, 3.63) is 28.3 Å². The number of carbonyl (C=O) groups is 2. The van der Waals surface area contributed by atoms with Gasteiger partial charge >= 0.3 is 6.61 Å². The summed E-state index contributed by atoms with van der Waals surface area (Å²) >= 11 is 5.68. The molecule has 0 saturated carbocycles. The quantitative estimate of drug-likeness (QED) is 0.608. The highest BCUT2D eigenvalue weighted by Crippen LogP contribution is 2.31. The highest BCUT2D eigenvalue weighted by Gasteiger charge is 2.20. The molecule has 0 fully saturated rings. The van der Waals surface area contributed by atoms with Gasteiger partial charge in [0.25, 0.3) is 0 Å². The van der Waals surface area contributed by atoms with Gasteiger partial charge < -0.3 is 4.74 Å². The molecule has 0 unspecified atom stereocenters. The highest BCUT2D eigenvalue weighted by molar-refractivity contribution is 6.34. The fraction of sp³-hybridized carbons (Fsp3) is 0.200. The molecule has 0 saturated heterocycles. The number of Topliss-reactive ketones (excluding diaryl/α,β-unsaturated/α-hetero) is 1. The van der Waals surface area contributed by atoms with Crippen molar-refractivity contribution in [1.82, 2.24) is 0 Å². The lowest BCUT2D eigenvalue weighted by atomic mass is 10.1. The Morgan fingerprint density at radius 3 is 2.56 bits per heavy atom. The standard InChI is InChI=1S/C10H7ClF2O3/c1-5(15)8-7(11)3-2-6(4-14)9(8)16-10(12)13/h2-4,10H,1H3. The van der Waals surface area contributed by atoms with Crippen LogP contribution in [-0.4, -0.2) is 18.7 Å². The number of aldehydes is 1. The van der Waals surface area contributed by atoms with Gasteiger partial charge in [-0.25, -0.2) is 0 Å². The smallest absolute Gasteiger partial charge is 0.387 e. The van der Waals surface area contributed by atoms with Gasteiger partial charge in [-0.05, 0) is 19.1 Å². The van der Waals surface area contributed by atoms with Crippen LogP contribution in [0.3, 0.4) is 0 Å². The van der Waals surface area contributed by atoms with Crippen LogP contribution in [0.15, 0.2) is 12.1 Å². The molecule has 1 rings (SSSR count). The summed E-state index contributed by atoms with van der Waals surface area (Å²) in [5.74, 6) is -1.03. The molecule has 3 nitrogen and oxygen atoms in total. The van der Waals surface area contributed by atoms with Crippen molar-refractivity contribution in [2.45, 2.75) is 13.5 Å². The van der Waals surface area contributed by atoms with Gasteiger partial charge in [0.2, 0.25) is 0 Å². The number of rotatable bonds is 4. The Balaban J connectivity index is 3.42. The molecule has 86 valence electrons. The first-order valence-electron chi connectivity index (χ1n) is 4.20. The van der Waals surface area contributed by atoms with E-state index < -0.39 is 18.1 Å². The van der Waals surface area contributed by atoms with E-state index in [1.54, 1.807) is 0 Å². The first kappa shape index (κ1) is 12.6. The summed E-state index contributed by atoms with van der Waals surface area (Å²) in [5, 5.41) is -0.0336. The average Bonchev–Trinajstić information content (AvgIpc) is 2.16. The Labute approximate surface area is 95.0 Å². The number of hydrogen-bond donors (Lipinski definition) is 0. The third-order valence-corrected chi connectivity index (χ3v) is 2.14. The summed E-state index contributed by atoms with van der Waals surface area (Å²) in [6.45, 7) is -1.98. The minimum Gasteiger partial charge on any atom is -0.433 e. The molecule has 0 radical (unpaired) electrons. The molecule has 0 aliphatic rings. The van der Waals surface area contributed by atoms with Crippen molar-refractivity contribution in [2.75, 3.05) is 0 Å². The van der Waals surface area contributed by atoms with Crippen molar-refractivity contribution in [3.63, 3.8) is 0 Å². The van der Waals surface area contributed by atoms with Crippen molar-refractivity contribution >= 4 is 23.7 Å². The van der Waals surface area contributed by atoms with Gasteiger partial charge in [-0.2, -0.15) is 8.78 Å². The SMILES string of the molecule is CC(=O)c1c(Cl)ccc(C=O)c1OC(F)F. The van der Waals surface area contributed by atoms with Gasteiger partial charge in [0.05, 0.1) is 16.1 Å². The first-order valence-corrected chi connectivity index (χ1v) is 4.58. The highest BCUT2D eigenvalue weighted by atomic mass is 35.5.